The molecule has 0 bridgehead atoms. The molecule has 1 aromatic heterocycles. The van der Waals surface area contributed by atoms with Crippen LogP contribution >= 0.6 is 0 Å². The molecule has 0 saturated carbocycles. The van der Waals surface area contributed by atoms with Crippen LogP contribution in [0.3, 0.4) is 0 Å². The van der Waals surface area contributed by atoms with E-state index in [9.17, 15) is 0 Å². The van der Waals surface area contributed by atoms with Gasteiger partial charge in [0.25, 0.3) is 0 Å². The first-order valence-electron chi connectivity index (χ1n) is 7.75. The van der Waals surface area contributed by atoms with Crippen molar-refractivity contribution in [3.8, 4) is 0 Å². The average Bonchev–Trinajstić information content (AvgIpc) is 2.83. The SMILES string of the molecule is CC(CN1CCCCC1)NC1CCc2cccnc21. The summed E-state index contributed by atoms with van der Waals surface area (Å²) in [6, 6.07) is 5.30. The highest BCUT2D eigenvalue weighted by Crippen LogP contribution is 2.29. The first-order chi connectivity index (χ1) is 9.33. The van der Waals surface area contributed by atoms with Crippen LogP contribution in [0.25, 0.3) is 0 Å². The Labute approximate surface area is 116 Å². The van der Waals surface area contributed by atoms with Crippen molar-refractivity contribution in [1.29, 1.82) is 0 Å². The second kappa shape index (κ2) is 6.02. The zero-order chi connectivity index (χ0) is 13.1. The molecule has 1 saturated heterocycles. The van der Waals surface area contributed by atoms with E-state index < -0.39 is 0 Å². The van der Waals surface area contributed by atoms with Gasteiger partial charge in [-0.25, -0.2) is 0 Å². The average molecular weight is 259 g/mol. The van der Waals surface area contributed by atoms with E-state index in [4.69, 9.17) is 0 Å². The van der Waals surface area contributed by atoms with Gasteiger partial charge in [-0.3, -0.25) is 4.98 Å². The maximum atomic E-state index is 4.56. The maximum absolute atomic E-state index is 4.56. The van der Waals surface area contributed by atoms with E-state index in [-0.39, 0.29) is 0 Å². The molecular formula is C16H25N3. The van der Waals surface area contributed by atoms with E-state index >= 15 is 0 Å². The Hall–Kier alpha value is -0.930. The minimum absolute atomic E-state index is 0.469. The number of hydrogen-bond acceptors (Lipinski definition) is 3. The highest BCUT2D eigenvalue weighted by atomic mass is 15.2. The third-order valence-electron chi connectivity index (χ3n) is 4.42. The molecule has 104 valence electrons. The second-order valence-corrected chi connectivity index (χ2v) is 6.07. The summed E-state index contributed by atoms with van der Waals surface area (Å²) in [6.07, 6.45) is 8.47. The first kappa shape index (κ1) is 13.1. The fraction of sp³-hybridized carbons (Fsp3) is 0.688. The third kappa shape index (κ3) is 3.15. The fourth-order valence-electron chi connectivity index (χ4n) is 3.50. The predicted molar refractivity (Wildman–Crippen MR) is 78.2 cm³/mol. The van der Waals surface area contributed by atoms with Crippen LogP contribution in [0, 0.1) is 0 Å². The van der Waals surface area contributed by atoms with E-state index in [1.807, 2.05) is 6.20 Å². The highest BCUT2D eigenvalue weighted by molar-refractivity contribution is 5.27. The number of aromatic nitrogens is 1. The molecule has 2 aliphatic rings. The number of likely N-dealkylation sites (tertiary alicyclic amines) is 1. The number of pyridine rings is 1. The normalized spacial score (nSPS) is 25.2. The van der Waals surface area contributed by atoms with Gasteiger partial charge >= 0.3 is 0 Å². The number of rotatable bonds is 4. The van der Waals surface area contributed by atoms with Gasteiger partial charge in [-0.15, -0.1) is 0 Å². The quantitative estimate of drug-likeness (QED) is 0.900. The molecule has 2 unspecified atom stereocenters. The lowest BCUT2D eigenvalue weighted by atomic mass is 10.1. The van der Waals surface area contributed by atoms with Crippen LogP contribution in [0.2, 0.25) is 0 Å². The van der Waals surface area contributed by atoms with E-state index in [2.05, 4.69) is 34.3 Å². The van der Waals surface area contributed by atoms with Gasteiger partial charge < -0.3 is 10.2 Å². The Bertz CT molecular complexity index is 412. The monoisotopic (exact) mass is 259 g/mol. The van der Waals surface area contributed by atoms with Crippen LogP contribution < -0.4 is 5.32 Å². The van der Waals surface area contributed by atoms with Crippen molar-refractivity contribution in [2.24, 2.45) is 0 Å². The largest absolute Gasteiger partial charge is 0.305 e. The molecule has 0 spiro atoms. The lowest BCUT2D eigenvalue weighted by Gasteiger charge is -2.30. The minimum atomic E-state index is 0.469. The highest BCUT2D eigenvalue weighted by Gasteiger charge is 2.25. The Balaban J connectivity index is 1.54. The third-order valence-corrected chi connectivity index (χ3v) is 4.42. The van der Waals surface area contributed by atoms with E-state index in [0.29, 0.717) is 12.1 Å². The summed E-state index contributed by atoms with van der Waals surface area (Å²) in [5, 5.41) is 3.78. The number of nitrogens with one attached hydrogen (secondary N) is 1. The van der Waals surface area contributed by atoms with Gasteiger partial charge in [0.15, 0.2) is 0 Å². The van der Waals surface area contributed by atoms with Crippen molar-refractivity contribution in [1.82, 2.24) is 15.2 Å². The molecule has 1 fully saturated rings. The molecule has 3 rings (SSSR count). The summed E-state index contributed by atoms with van der Waals surface area (Å²) in [6.45, 7) is 6.06. The lowest BCUT2D eigenvalue weighted by Crippen LogP contribution is -2.42. The number of piperidine rings is 1. The van der Waals surface area contributed by atoms with E-state index in [0.717, 1.165) is 0 Å². The van der Waals surface area contributed by atoms with Gasteiger partial charge in [-0.1, -0.05) is 12.5 Å². The van der Waals surface area contributed by atoms with Gasteiger partial charge in [-0.05, 0) is 57.3 Å². The predicted octanol–water partition coefficient (Wildman–Crippen LogP) is 2.53. The molecule has 0 aromatic carbocycles. The van der Waals surface area contributed by atoms with Gasteiger partial charge in [0, 0.05) is 18.8 Å². The molecule has 0 amide bonds. The molecule has 19 heavy (non-hydrogen) atoms. The fourth-order valence-corrected chi connectivity index (χ4v) is 3.50. The van der Waals surface area contributed by atoms with Crippen molar-refractivity contribution in [3.63, 3.8) is 0 Å². The molecule has 1 N–H and O–H groups in total. The summed E-state index contributed by atoms with van der Waals surface area (Å²) >= 11 is 0. The van der Waals surface area contributed by atoms with Crippen LogP contribution in [-0.2, 0) is 6.42 Å². The summed E-state index contributed by atoms with van der Waals surface area (Å²) in [7, 11) is 0. The van der Waals surface area contributed by atoms with Crippen molar-refractivity contribution < 1.29 is 0 Å². The van der Waals surface area contributed by atoms with Gasteiger partial charge in [0.2, 0.25) is 0 Å². The molecule has 3 heteroatoms. The molecule has 2 heterocycles. The molecule has 1 aromatic rings. The number of aryl methyl sites for hydroxylation is 1. The van der Waals surface area contributed by atoms with E-state index in [1.165, 1.54) is 63.0 Å². The van der Waals surface area contributed by atoms with Gasteiger partial charge in [0.1, 0.15) is 0 Å². The zero-order valence-corrected chi connectivity index (χ0v) is 11.9. The minimum Gasteiger partial charge on any atom is -0.305 e. The van der Waals surface area contributed by atoms with Crippen molar-refractivity contribution >= 4 is 0 Å². The molecular weight excluding hydrogens is 234 g/mol. The maximum Gasteiger partial charge on any atom is 0.0605 e. The van der Waals surface area contributed by atoms with Gasteiger partial charge in [-0.2, -0.15) is 0 Å². The number of nitrogens with zero attached hydrogens (tertiary/aromatic N) is 2. The Morgan fingerprint density at radius 3 is 3.05 bits per heavy atom. The Morgan fingerprint density at radius 2 is 2.21 bits per heavy atom. The van der Waals surface area contributed by atoms with E-state index in [1.54, 1.807) is 0 Å². The van der Waals surface area contributed by atoms with Crippen LogP contribution in [0.5, 0.6) is 0 Å². The smallest absolute Gasteiger partial charge is 0.0605 e. The van der Waals surface area contributed by atoms with Crippen molar-refractivity contribution in [3.05, 3.63) is 29.6 Å². The standard InChI is InChI=1S/C16H25N3/c1-13(12-19-10-3-2-4-11-19)18-15-8-7-14-6-5-9-17-16(14)15/h5-6,9,13,15,18H,2-4,7-8,10-12H2,1H3. The summed E-state index contributed by atoms with van der Waals surface area (Å²) in [4.78, 5) is 7.17. The van der Waals surface area contributed by atoms with Crippen molar-refractivity contribution in [2.75, 3.05) is 19.6 Å². The molecule has 3 nitrogen and oxygen atoms in total. The van der Waals surface area contributed by atoms with Crippen molar-refractivity contribution in [2.45, 2.75) is 51.1 Å². The number of hydrogen-bond donors (Lipinski definition) is 1. The summed E-state index contributed by atoms with van der Waals surface area (Å²) in [5.74, 6) is 0. The Kier molecular flexibility index (Phi) is 4.14. The molecule has 0 radical (unpaired) electrons. The summed E-state index contributed by atoms with van der Waals surface area (Å²) < 4.78 is 0. The van der Waals surface area contributed by atoms with Crippen LogP contribution in [0.15, 0.2) is 18.3 Å². The zero-order valence-electron chi connectivity index (χ0n) is 11.9. The van der Waals surface area contributed by atoms with Crippen LogP contribution in [-0.4, -0.2) is 35.6 Å². The van der Waals surface area contributed by atoms with Crippen LogP contribution in [0.1, 0.15) is 49.9 Å². The topological polar surface area (TPSA) is 28.2 Å². The Morgan fingerprint density at radius 1 is 1.37 bits per heavy atom. The summed E-state index contributed by atoms with van der Waals surface area (Å²) in [5.41, 5.74) is 2.72. The number of fused-ring (bicyclic) bond motifs is 1. The molecule has 1 aliphatic carbocycles. The first-order valence-corrected chi connectivity index (χ1v) is 7.75. The van der Waals surface area contributed by atoms with Crippen LogP contribution in [0.4, 0.5) is 0 Å². The molecule has 1 aliphatic heterocycles. The van der Waals surface area contributed by atoms with Gasteiger partial charge in [0.05, 0.1) is 11.7 Å². The molecule has 2 atom stereocenters. The second-order valence-electron chi connectivity index (χ2n) is 6.07. The lowest BCUT2D eigenvalue weighted by molar-refractivity contribution is 0.204.